The number of non-ortho nitro benzene ring substituents is 1. The van der Waals surface area contributed by atoms with Crippen LogP contribution in [-0.4, -0.2) is 21.8 Å². The molecule has 0 spiro atoms. The maximum Gasteiger partial charge on any atom is 0.269 e. The first-order chi connectivity index (χ1) is 10.7. The van der Waals surface area contributed by atoms with E-state index in [2.05, 4.69) is 5.10 Å². The van der Waals surface area contributed by atoms with Crippen LogP contribution in [-0.2, 0) is 0 Å². The second-order valence-electron chi connectivity index (χ2n) is 4.65. The van der Waals surface area contributed by atoms with Gasteiger partial charge in [0, 0.05) is 23.9 Å². The van der Waals surface area contributed by atoms with Gasteiger partial charge in [-0.2, -0.15) is 5.10 Å². The molecule has 1 heterocycles. The molecule has 0 radical (unpaired) electrons. The van der Waals surface area contributed by atoms with Gasteiger partial charge in [-0.1, -0.05) is 0 Å². The molecule has 0 aliphatic carbocycles. The SMILES string of the molecule is COc1ccc(-n2ccc(-c3ccc([N+](=O)[O-])cc3)n2)cc1. The number of methoxy groups -OCH3 is 1. The van der Waals surface area contributed by atoms with E-state index in [1.165, 1.54) is 12.1 Å². The van der Waals surface area contributed by atoms with Crippen molar-refractivity contribution in [3.8, 4) is 22.7 Å². The fraction of sp³-hybridized carbons (Fsp3) is 0.0625. The number of nitro groups is 1. The predicted molar refractivity (Wildman–Crippen MR) is 82.2 cm³/mol. The van der Waals surface area contributed by atoms with Crippen LogP contribution >= 0.6 is 0 Å². The lowest BCUT2D eigenvalue weighted by atomic mass is 10.1. The first-order valence-corrected chi connectivity index (χ1v) is 6.62. The Hall–Kier alpha value is -3.15. The van der Waals surface area contributed by atoms with Crippen molar-refractivity contribution in [1.82, 2.24) is 9.78 Å². The maximum atomic E-state index is 10.7. The molecule has 0 saturated carbocycles. The molecule has 0 bridgehead atoms. The molecule has 3 rings (SSSR count). The maximum absolute atomic E-state index is 10.7. The number of hydrogen-bond acceptors (Lipinski definition) is 4. The predicted octanol–water partition coefficient (Wildman–Crippen LogP) is 3.46. The number of benzene rings is 2. The van der Waals surface area contributed by atoms with Crippen LogP contribution in [0.3, 0.4) is 0 Å². The summed E-state index contributed by atoms with van der Waals surface area (Å²) in [4.78, 5) is 10.2. The second kappa shape index (κ2) is 5.69. The molecule has 110 valence electrons. The highest BCUT2D eigenvalue weighted by atomic mass is 16.6. The molecule has 0 N–H and O–H groups in total. The molecule has 2 aromatic carbocycles. The van der Waals surface area contributed by atoms with Crippen LogP contribution in [0.2, 0.25) is 0 Å². The zero-order chi connectivity index (χ0) is 15.5. The van der Waals surface area contributed by atoms with Crippen molar-refractivity contribution >= 4 is 5.69 Å². The molecule has 3 aromatic rings. The third-order valence-electron chi connectivity index (χ3n) is 3.30. The smallest absolute Gasteiger partial charge is 0.269 e. The fourth-order valence-corrected chi connectivity index (χ4v) is 2.11. The Kier molecular flexibility index (Phi) is 3.57. The van der Waals surface area contributed by atoms with Crippen LogP contribution in [0.15, 0.2) is 60.8 Å². The van der Waals surface area contributed by atoms with E-state index >= 15 is 0 Å². The molecule has 0 unspecified atom stereocenters. The summed E-state index contributed by atoms with van der Waals surface area (Å²) in [7, 11) is 1.62. The van der Waals surface area contributed by atoms with E-state index < -0.39 is 4.92 Å². The second-order valence-corrected chi connectivity index (χ2v) is 4.65. The third-order valence-corrected chi connectivity index (χ3v) is 3.30. The van der Waals surface area contributed by atoms with Crippen LogP contribution in [0.1, 0.15) is 0 Å². The molecule has 1 aromatic heterocycles. The minimum absolute atomic E-state index is 0.0679. The van der Waals surface area contributed by atoms with Gasteiger partial charge in [0.25, 0.3) is 5.69 Å². The van der Waals surface area contributed by atoms with E-state index in [9.17, 15) is 10.1 Å². The van der Waals surface area contributed by atoms with E-state index in [4.69, 9.17) is 4.74 Å². The van der Waals surface area contributed by atoms with E-state index in [1.807, 2.05) is 36.5 Å². The highest BCUT2D eigenvalue weighted by Crippen LogP contribution is 2.22. The van der Waals surface area contributed by atoms with Crippen LogP contribution < -0.4 is 4.74 Å². The normalized spacial score (nSPS) is 10.4. The summed E-state index contributed by atoms with van der Waals surface area (Å²) < 4.78 is 6.87. The topological polar surface area (TPSA) is 70.2 Å². The Morgan fingerprint density at radius 3 is 2.32 bits per heavy atom. The molecule has 22 heavy (non-hydrogen) atoms. The van der Waals surface area contributed by atoms with Gasteiger partial charge in [0.2, 0.25) is 0 Å². The fourth-order valence-electron chi connectivity index (χ4n) is 2.11. The van der Waals surface area contributed by atoms with Crippen molar-refractivity contribution in [1.29, 1.82) is 0 Å². The van der Waals surface area contributed by atoms with E-state index in [1.54, 1.807) is 23.9 Å². The lowest BCUT2D eigenvalue weighted by molar-refractivity contribution is -0.384. The number of rotatable bonds is 4. The van der Waals surface area contributed by atoms with Crippen LogP contribution in [0.25, 0.3) is 16.9 Å². The van der Waals surface area contributed by atoms with Gasteiger partial charge < -0.3 is 4.74 Å². The van der Waals surface area contributed by atoms with Gasteiger partial charge in [-0.05, 0) is 42.5 Å². The van der Waals surface area contributed by atoms with Crippen molar-refractivity contribution < 1.29 is 9.66 Å². The molecule has 6 nitrogen and oxygen atoms in total. The number of nitrogens with zero attached hydrogens (tertiary/aromatic N) is 3. The van der Waals surface area contributed by atoms with Crippen molar-refractivity contribution in [2.75, 3.05) is 7.11 Å². The Bertz CT molecular complexity index is 792. The van der Waals surface area contributed by atoms with E-state index in [0.717, 1.165) is 22.7 Å². The molecular formula is C16H13N3O3. The lowest BCUT2D eigenvalue weighted by Gasteiger charge is -2.03. The summed E-state index contributed by atoms with van der Waals surface area (Å²) in [6.07, 6.45) is 1.85. The Balaban J connectivity index is 1.87. The van der Waals surface area contributed by atoms with Gasteiger partial charge >= 0.3 is 0 Å². The Labute approximate surface area is 126 Å². The minimum Gasteiger partial charge on any atom is -0.497 e. The van der Waals surface area contributed by atoms with Crippen LogP contribution in [0.4, 0.5) is 5.69 Å². The third kappa shape index (κ3) is 2.67. The van der Waals surface area contributed by atoms with Crippen molar-refractivity contribution in [2.45, 2.75) is 0 Å². The van der Waals surface area contributed by atoms with Crippen molar-refractivity contribution in [2.24, 2.45) is 0 Å². The molecule has 0 amide bonds. The standard InChI is InChI=1S/C16H13N3O3/c1-22-15-8-6-13(7-9-15)18-11-10-16(17-18)12-2-4-14(5-3-12)19(20)21/h2-11H,1H3. The average Bonchev–Trinajstić information content (AvgIpc) is 3.05. The quantitative estimate of drug-likeness (QED) is 0.546. The average molecular weight is 295 g/mol. The van der Waals surface area contributed by atoms with Gasteiger partial charge in [-0.15, -0.1) is 0 Å². The van der Waals surface area contributed by atoms with Gasteiger partial charge in [0.1, 0.15) is 5.75 Å². The van der Waals surface area contributed by atoms with E-state index in [-0.39, 0.29) is 5.69 Å². The van der Waals surface area contributed by atoms with Crippen molar-refractivity contribution in [3.63, 3.8) is 0 Å². The van der Waals surface area contributed by atoms with Gasteiger partial charge in [0.15, 0.2) is 0 Å². The van der Waals surface area contributed by atoms with Crippen LogP contribution in [0, 0.1) is 10.1 Å². The number of ether oxygens (including phenoxy) is 1. The molecule has 0 fully saturated rings. The molecular weight excluding hydrogens is 282 g/mol. The van der Waals surface area contributed by atoms with Gasteiger partial charge in [-0.25, -0.2) is 4.68 Å². The number of aromatic nitrogens is 2. The number of nitro benzene ring substituents is 1. The van der Waals surface area contributed by atoms with Gasteiger partial charge in [-0.3, -0.25) is 10.1 Å². The molecule has 6 heteroatoms. The largest absolute Gasteiger partial charge is 0.497 e. The Morgan fingerprint density at radius 1 is 1.05 bits per heavy atom. The summed E-state index contributed by atoms with van der Waals surface area (Å²) in [5.41, 5.74) is 2.57. The first kappa shape index (κ1) is 13.8. The highest BCUT2D eigenvalue weighted by molar-refractivity contribution is 5.60. The zero-order valence-corrected chi connectivity index (χ0v) is 11.8. The van der Waals surface area contributed by atoms with E-state index in [0.29, 0.717) is 0 Å². The highest BCUT2D eigenvalue weighted by Gasteiger charge is 2.08. The summed E-state index contributed by atoms with van der Waals surface area (Å²) >= 11 is 0. The summed E-state index contributed by atoms with van der Waals surface area (Å²) in [5, 5.41) is 15.2. The lowest BCUT2D eigenvalue weighted by Crippen LogP contribution is -1.95. The molecule has 0 atom stereocenters. The molecule has 0 aliphatic rings. The van der Waals surface area contributed by atoms with Crippen molar-refractivity contribution in [3.05, 3.63) is 70.9 Å². The zero-order valence-electron chi connectivity index (χ0n) is 11.8. The van der Waals surface area contributed by atoms with Gasteiger partial charge in [0.05, 0.1) is 23.4 Å². The first-order valence-electron chi connectivity index (χ1n) is 6.62. The monoisotopic (exact) mass is 295 g/mol. The summed E-state index contributed by atoms with van der Waals surface area (Å²) in [5.74, 6) is 0.784. The molecule has 0 aliphatic heterocycles. The summed E-state index contributed by atoms with van der Waals surface area (Å²) in [6.45, 7) is 0. The van der Waals surface area contributed by atoms with Crippen LogP contribution in [0.5, 0.6) is 5.75 Å². The molecule has 0 saturated heterocycles. The number of hydrogen-bond donors (Lipinski definition) is 0. The summed E-state index contributed by atoms with van der Waals surface area (Å²) in [6, 6.07) is 15.7. The minimum atomic E-state index is -0.417. The Morgan fingerprint density at radius 2 is 1.73 bits per heavy atom.